The highest BCUT2D eigenvalue weighted by atomic mass is 28.4. The molecule has 0 amide bonds. The predicted molar refractivity (Wildman–Crippen MR) is 120 cm³/mol. The summed E-state index contributed by atoms with van der Waals surface area (Å²) in [7, 11) is -3.91. The Bertz CT molecular complexity index is 645. The molecule has 6 nitrogen and oxygen atoms in total. The first kappa shape index (κ1) is 23.9. The fourth-order valence-electron chi connectivity index (χ4n) is 4.29. The maximum Gasteiger partial charge on any atom is 0.310 e. The molecule has 30 heavy (non-hydrogen) atoms. The van der Waals surface area contributed by atoms with Crippen molar-refractivity contribution in [2.24, 2.45) is 23.7 Å². The van der Waals surface area contributed by atoms with Crippen LogP contribution in [0.2, 0.25) is 36.3 Å². The molecule has 8 heteroatoms. The lowest BCUT2D eigenvalue weighted by atomic mass is 9.55. The van der Waals surface area contributed by atoms with Crippen molar-refractivity contribution < 1.29 is 27.9 Å². The topological polar surface area (TPSA) is 71.1 Å². The summed E-state index contributed by atoms with van der Waals surface area (Å²) in [4.78, 5) is 25.0. The second-order valence-electron chi connectivity index (χ2n) is 12.3. The van der Waals surface area contributed by atoms with E-state index in [-0.39, 0.29) is 57.9 Å². The van der Waals surface area contributed by atoms with Crippen molar-refractivity contribution in [1.82, 2.24) is 0 Å². The average Bonchev–Trinajstić information content (AvgIpc) is 2.94. The van der Waals surface area contributed by atoms with Crippen molar-refractivity contribution in [3.05, 3.63) is 0 Å². The largest absolute Gasteiger partial charge is 0.459 e. The lowest BCUT2D eigenvalue weighted by Crippen LogP contribution is -2.54. The molecule has 0 aromatic heterocycles. The standard InChI is InChI=1S/C22H40O6Si2/c1-21(2,3)29(7,8)25-11-13-15-16-14(12-26-30(9,10)22(4,5)6)28-20(24)18(16)17(15)19(23)27-13/h13-18H,11-12H2,1-10H3/t13-,14-,15?,16?,17?,18?/m1/s1. The number of rotatable bonds is 6. The van der Waals surface area contributed by atoms with Crippen molar-refractivity contribution in [2.75, 3.05) is 13.2 Å². The van der Waals surface area contributed by atoms with Gasteiger partial charge in [0.2, 0.25) is 0 Å². The van der Waals surface area contributed by atoms with Crippen LogP contribution < -0.4 is 0 Å². The molecule has 4 unspecified atom stereocenters. The molecule has 0 aromatic carbocycles. The molecule has 0 radical (unpaired) electrons. The zero-order chi connectivity index (χ0) is 22.9. The Kier molecular flexibility index (Phi) is 5.92. The molecule has 172 valence electrons. The molecule has 0 spiro atoms. The highest BCUT2D eigenvalue weighted by Crippen LogP contribution is 2.59. The summed E-state index contributed by atoms with van der Waals surface area (Å²) < 4.78 is 24.1. The molecule has 1 aliphatic carbocycles. The molecular weight excluding hydrogens is 416 g/mol. The summed E-state index contributed by atoms with van der Waals surface area (Å²) in [5, 5.41) is 0.173. The van der Waals surface area contributed by atoms with Crippen molar-refractivity contribution in [3.8, 4) is 0 Å². The predicted octanol–water partition coefficient (Wildman–Crippen LogP) is 4.36. The van der Waals surface area contributed by atoms with E-state index in [4.69, 9.17) is 18.3 Å². The Labute approximate surface area is 183 Å². The number of fused-ring (bicyclic) bond motifs is 4. The van der Waals surface area contributed by atoms with Crippen molar-refractivity contribution >= 4 is 28.6 Å². The third-order valence-corrected chi connectivity index (χ3v) is 17.4. The first-order valence-corrected chi connectivity index (χ1v) is 17.0. The number of hydrogen-bond donors (Lipinski definition) is 0. The zero-order valence-electron chi connectivity index (χ0n) is 20.3. The number of hydrogen-bond acceptors (Lipinski definition) is 6. The van der Waals surface area contributed by atoms with E-state index in [2.05, 4.69) is 67.7 Å². The SMILES string of the molecule is CC(C)(C)[Si](C)(C)OC[C@H]1OC(=O)C2C3C(=O)O[C@H](CO[Si](C)(C)C(C)(C)C)C3C21. The monoisotopic (exact) mass is 456 g/mol. The summed E-state index contributed by atoms with van der Waals surface area (Å²) in [5.41, 5.74) is 0. The van der Waals surface area contributed by atoms with Gasteiger partial charge in [0.1, 0.15) is 12.2 Å². The van der Waals surface area contributed by atoms with Crippen molar-refractivity contribution in [2.45, 2.75) is 90.0 Å². The van der Waals surface area contributed by atoms with Crippen LogP contribution in [0.4, 0.5) is 0 Å². The number of cyclic esters (lactones) is 2. The Morgan fingerprint density at radius 1 is 0.700 bits per heavy atom. The Hall–Kier alpha value is -0.706. The third kappa shape index (κ3) is 3.93. The van der Waals surface area contributed by atoms with E-state index in [0.29, 0.717) is 13.2 Å². The Morgan fingerprint density at radius 2 is 1.00 bits per heavy atom. The fraction of sp³-hybridized carbons (Fsp3) is 0.909. The summed E-state index contributed by atoms with van der Waals surface area (Å²) in [5.74, 6) is -1.35. The molecule has 2 aliphatic heterocycles. The van der Waals surface area contributed by atoms with E-state index < -0.39 is 16.6 Å². The summed E-state index contributed by atoms with van der Waals surface area (Å²) in [6, 6.07) is 0. The van der Waals surface area contributed by atoms with Gasteiger partial charge >= 0.3 is 11.9 Å². The molecule has 3 aliphatic rings. The van der Waals surface area contributed by atoms with E-state index in [1.807, 2.05) is 0 Å². The smallest absolute Gasteiger partial charge is 0.310 e. The minimum absolute atomic E-state index is 0.0215. The first-order valence-electron chi connectivity index (χ1n) is 11.2. The van der Waals surface area contributed by atoms with Gasteiger partial charge in [0.15, 0.2) is 16.6 Å². The number of carbonyl (C=O) groups is 2. The minimum atomic E-state index is -1.96. The molecule has 2 heterocycles. The second-order valence-corrected chi connectivity index (χ2v) is 21.9. The first-order chi connectivity index (χ1) is 13.5. The molecule has 2 saturated heterocycles. The lowest BCUT2D eigenvalue weighted by molar-refractivity contribution is -0.154. The molecule has 1 saturated carbocycles. The second kappa shape index (κ2) is 7.42. The molecule has 3 rings (SSSR count). The van der Waals surface area contributed by atoms with Crippen LogP contribution in [0.25, 0.3) is 0 Å². The third-order valence-electron chi connectivity index (χ3n) is 8.43. The normalized spacial score (nSPS) is 34.2. The van der Waals surface area contributed by atoms with Gasteiger partial charge in [0, 0.05) is 11.8 Å². The molecular formula is C22H40O6Si2. The molecule has 6 atom stereocenters. The van der Waals surface area contributed by atoms with Crippen LogP contribution in [0, 0.1) is 23.7 Å². The molecule has 0 bridgehead atoms. The highest BCUT2D eigenvalue weighted by molar-refractivity contribution is 6.74. The fourth-order valence-corrected chi connectivity index (χ4v) is 6.32. The number of esters is 2. The summed E-state index contributed by atoms with van der Waals surface area (Å²) >= 11 is 0. The maximum atomic E-state index is 12.5. The van der Waals surface area contributed by atoms with E-state index >= 15 is 0 Å². The lowest BCUT2D eigenvalue weighted by Gasteiger charge is -2.44. The van der Waals surface area contributed by atoms with E-state index in [1.54, 1.807) is 0 Å². The van der Waals surface area contributed by atoms with Gasteiger partial charge in [-0.05, 0) is 36.3 Å². The Morgan fingerprint density at radius 3 is 1.27 bits per heavy atom. The van der Waals surface area contributed by atoms with Gasteiger partial charge in [-0.25, -0.2) is 0 Å². The van der Waals surface area contributed by atoms with Crippen molar-refractivity contribution in [3.63, 3.8) is 0 Å². The minimum Gasteiger partial charge on any atom is -0.459 e. The molecule has 0 N–H and O–H groups in total. The molecule has 0 aromatic rings. The van der Waals surface area contributed by atoms with Crippen LogP contribution in [0.5, 0.6) is 0 Å². The summed E-state index contributed by atoms with van der Waals surface area (Å²) in [6.07, 6.45) is -0.606. The van der Waals surface area contributed by atoms with Gasteiger partial charge in [0.25, 0.3) is 0 Å². The van der Waals surface area contributed by atoms with E-state index in [1.165, 1.54) is 0 Å². The number of ether oxygens (including phenoxy) is 2. The van der Waals surface area contributed by atoms with Gasteiger partial charge in [-0.1, -0.05) is 41.5 Å². The van der Waals surface area contributed by atoms with Crippen LogP contribution in [0.3, 0.4) is 0 Å². The summed E-state index contributed by atoms with van der Waals surface area (Å²) in [6.45, 7) is 22.8. The van der Waals surface area contributed by atoms with Gasteiger partial charge in [-0.3, -0.25) is 9.59 Å². The van der Waals surface area contributed by atoms with Crippen molar-refractivity contribution in [1.29, 1.82) is 0 Å². The quantitative estimate of drug-likeness (QED) is 0.437. The van der Waals surface area contributed by atoms with Crippen LogP contribution in [0.1, 0.15) is 41.5 Å². The van der Waals surface area contributed by atoms with Gasteiger partial charge < -0.3 is 18.3 Å². The van der Waals surface area contributed by atoms with Crippen LogP contribution >= 0.6 is 0 Å². The van der Waals surface area contributed by atoms with Gasteiger partial charge in [-0.2, -0.15) is 0 Å². The van der Waals surface area contributed by atoms with Gasteiger partial charge in [-0.15, -0.1) is 0 Å². The van der Waals surface area contributed by atoms with E-state index in [0.717, 1.165) is 0 Å². The zero-order valence-corrected chi connectivity index (χ0v) is 22.3. The Balaban J connectivity index is 1.70. The van der Waals surface area contributed by atoms with Crippen LogP contribution in [0.15, 0.2) is 0 Å². The van der Waals surface area contributed by atoms with Crippen LogP contribution in [-0.4, -0.2) is 54.0 Å². The maximum absolute atomic E-state index is 12.5. The van der Waals surface area contributed by atoms with E-state index in [9.17, 15) is 9.59 Å². The highest BCUT2D eigenvalue weighted by Gasteiger charge is 2.71. The number of carbonyl (C=O) groups excluding carboxylic acids is 2. The average molecular weight is 457 g/mol. The van der Waals surface area contributed by atoms with Crippen LogP contribution in [-0.2, 0) is 27.9 Å². The van der Waals surface area contributed by atoms with Gasteiger partial charge in [0.05, 0.1) is 25.0 Å². The molecule has 3 fully saturated rings.